The monoisotopic (exact) mass is 441 g/mol. The molecule has 172 valence electrons. The second kappa shape index (κ2) is 8.22. The summed E-state index contributed by atoms with van der Waals surface area (Å²) in [4.78, 5) is 53.3. The van der Waals surface area contributed by atoms with Gasteiger partial charge >= 0.3 is 12.0 Å². The Bertz CT molecular complexity index is 959. The minimum absolute atomic E-state index is 0.0890. The molecule has 8 nitrogen and oxygen atoms in total. The van der Waals surface area contributed by atoms with Gasteiger partial charge in [-0.2, -0.15) is 0 Å². The van der Waals surface area contributed by atoms with Crippen LogP contribution < -0.4 is 10.2 Å². The Labute approximate surface area is 188 Å². The lowest BCUT2D eigenvalue weighted by Gasteiger charge is -2.43. The highest BCUT2D eigenvalue weighted by Gasteiger charge is 2.56. The van der Waals surface area contributed by atoms with Crippen molar-refractivity contribution in [1.29, 1.82) is 0 Å². The van der Waals surface area contributed by atoms with Gasteiger partial charge in [0.25, 0.3) is 11.8 Å². The maximum atomic E-state index is 13.1. The zero-order valence-electron chi connectivity index (χ0n) is 19.0. The summed E-state index contributed by atoms with van der Waals surface area (Å²) in [6.07, 6.45) is 3.81. The van der Waals surface area contributed by atoms with Crippen LogP contribution in [0.3, 0.4) is 0 Å². The summed E-state index contributed by atoms with van der Waals surface area (Å²) in [6, 6.07) is 7.10. The number of urea groups is 1. The van der Waals surface area contributed by atoms with Crippen molar-refractivity contribution in [2.45, 2.75) is 58.4 Å². The molecule has 1 aromatic carbocycles. The van der Waals surface area contributed by atoms with Gasteiger partial charge in [-0.3, -0.25) is 19.3 Å². The predicted molar refractivity (Wildman–Crippen MR) is 118 cm³/mol. The van der Waals surface area contributed by atoms with Crippen molar-refractivity contribution in [2.75, 3.05) is 24.6 Å². The number of nitrogens with zero attached hydrogens (tertiary/aromatic N) is 2. The molecule has 2 atom stereocenters. The molecule has 2 unspecified atom stereocenters. The molecule has 1 saturated heterocycles. The number of aryl methyl sites for hydroxylation is 1. The molecule has 3 aliphatic rings. The zero-order chi connectivity index (χ0) is 23.1. The van der Waals surface area contributed by atoms with E-state index in [4.69, 9.17) is 4.74 Å². The number of hydrogen-bond acceptors (Lipinski definition) is 5. The summed E-state index contributed by atoms with van der Waals surface area (Å²) < 4.78 is 5.16. The normalized spacial score (nSPS) is 26.7. The first-order chi connectivity index (χ1) is 15.1. The van der Waals surface area contributed by atoms with Crippen LogP contribution in [0.2, 0.25) is 0 Å². The maximum Gasteiger partial charge on any atom is 0.326 e. The third-order valence-electron chi connectivity index (χ3n) is 6.68. The quantitative estimate of drug-likeness (QED) is 0.572. The Morgan fingerprint density at radius 2 is 1.94 bits per heavy atom. The highest BCUT2D eigenvalue weighted by molar-refractivity contribution is 6.09. The highest BCUT2D eigenvalue weighted by atomic mass is 16.5. The number of hydrogen-bond donors (Lipinski definition) is 1. The summed E-state index contributed by atoms with van der Waals surface area (Å²) in [5.41, 5.74) is 0.873. The van der Waals surface area contributed by atoms with Crippen molar-refractivity contribution in [1.82, 2.24) is 10.2 Å². The second-order valence-corrected chi connectivity index (χ2v) is 10.2. The summed E-state index contributed by atoms with van der Waals surface area (Å²) in [7, 11) is 0. The summed E-state index contributed by atoms with van der Waals surface area (Å²) in [5.74, 6) is -1.19. The first-order valence-corrected chi connectivity index (χ1v) is 11.3. The Morgan fingerprint density at radius 1 is 1.19 bits per heavy atom. The van der Waals surface area contributed by atoms with Gasteiger partial charge < -0.3 is 15.0 Å². The number of imide groups is 1. The third-order valence-corrected chi connectivity index (χ3v) is 6.68. The van der Waals surface area contributed by atoms with Crippen LogP contribution in [0.4, 0.5) is 10.5 Å². The van der Waals surface area contributed by atoms with Crippen LogP contribution in [0.25, 0.3) is 0 Å². The third kappa shape index (κ3) is 4.23. The molecular weight excluding hydrogens is 410 g/mol. The number of amides is 4. The standard InChI is InChI=1S/C24H31N3O5/c1-16-11-23(2,3)15-24(12-16)21(30)27(22(31)25-24)13-20(29)32-14-19(28)26-10-6-8-17-7-4-5-9-18(17)26/h4-5,7,9,16H,6,8,10-15H2,1-3H3,(H,25,31). The van der Waals surface area contributed by atoms with Crippen LogP contribution >= 0.6 is 0 Å². The molecule has 2 aliphatic heterocycles. The van der Waals surface area contributed by atoms with Crippen molar-refractivity contribution in [3.05, 3.63) is 29.8 Å². The van der Waals surface area contributed by atoms with Gasteiger partial charge in [0.15, 0.2) is 6.61 Å². The fourth-order valence-corrected chi connectivity index (χ4v) is 5.84. The second-order valence-electron chi connectivity index (χ2n) is 10.2. The lowest BCUT2D eigenvalue weighted by atomic mass is 9.64. The fourth-order valence-electron chi connectivity index (χ4n) is 5.84. The summed E-state index contributed by atoms with van der Waals surface area (Å²) in [5, 5.41) is 2.84. The van der Waals surface area contributed by atoms with Crippen LogP contribution in [-0.2, 0) is 25.5 Å². The molecular formula is C24H31N3O5. The Balaban J connectivity index is 1.36. The van der Waals surface area contributed by atoms with E-state index >= 15 is 0 Å². The number of rotatable bonds is 4. The molecule has 2 heterocycles. The number of para-hydroxylation sites is 1. The molecule has 0 bridgehead atoms. The van der Waals surface area contributed by atoms with Gasteiger partial charge in [0, 0.05) is 12.2 Å². The van der Waals surface area contributed by atoms with Crippen LogP contribution in [-0.4, -0.2) is 54.0 Å². The van der Waals surface area contributed by atoms with Crippen molar-refractivity contribution < 1.29 is 23.9 Å². The van der Waals surface area contributed by atoms with Crippen LogP contribution in [0.15, 0.2) is 24.3 Å². The van der Waals surface area contributed by atoms with Crippen LogP contribution in [0.1, 0.15) is 52.0 Å². The predicted octanol–water partition coefficient (Wildman–Crippen LogP) is 2.65. The van der Waals surface area contributed by atoms with Gasteiger partial charge in [0.1, 0.15) is 12.1 Å². The van der Waals surface area contributed by atoms with Gasteiger partial charge in [-0.25, -0.2) is 4.79 Å². The lowest BCUT2D eigenvalue weighted by Crippen LogP contribution is -2.54. The largest absolute Gasteiger partial charge is 0.454 e. The Kier molecular flexibility index (Phi) is 5.73. The molecule has 32 heavy (non-hydrogen) atoms. The summed E-state index contributed by atoms with van der Waals surface area (Å²) >= 11 is 0. The van der Waals surface area contributed by atoms with E-state index in [1.54, 1.807) is 4.90 Å². The van der Waals surface area contributed by atoms with Gasteiger partial charge in [-0.1, -0.05) is 39.0 Å². The van der Waals surface area contributed by atoms with Gasteiger partial charge in [0.05, 0.1) is 0 Å². The van der Waals surface area contributed by atoms with Crippen molar-refractivity contribution in [3.8, 4) is 0 Å². The molecule has 1 aromatic rings. The van der Waals surface area contributed by atoms with E-state index in [-0.39, 0.29) is 23.1 Å². The number of carbonyl (C=O) groups excluding carboxylic acids is 4. The van der Waals surface area contributed by atoms with Gasteiger partial charge in [-0.15, -0.1) is 0 Å². The first kappa shape index (κ1) is 22.3. The van der Waals surface area contributed by atoms with Crippen LogP contribution in [0.5, 0.6) is 0 Å². The topological polar surface area (TPSA) is 96.0 Å². The summed E-state index contributed by atoms with van der Waals surface area (Å²) in [6.45, 7) is 5.90. The van der Waals surface area contributed by atoms with E-state index in [1.807, 2.05) is 24.3 Å². The van der Waals surface area contributed by atoms with E-state index in [1.165, 1.54) is 0 Å². The van der Waals surface area contributed by atoms with E-state index in [0.29, 0.717) is 19.4 Å². The molecule has 8 heteroatoms. The molecule has 4 amide bonds. The average Bonchev–Trinajstić information content (AvgIpc) is 2.93. The number of esters is 1. The van der Waals surface area contributed by atoms with E-state index in [2.05, 4.69) is 26.1 Å². The molecule has 1 aliphatic carbocycles. The maximum absolute atomic E-state index is 13.1. The number of benzene rings is 1. The van der Waals surface area contributed by atoms with Crippen molar-refractivity contribution in [3.63, 3.8) is 0 Å². The lowest BCUT2D eigenvalue weighted by molar-refractivity contribution is -0.151. The van der Waals surface area contributed by atoms with Crippen LogP contribution in [0, 0.1) is 11.3 Å². The average molecular weight is 442 g/mol. The minimum Gasteiger partial charge on any atom is -0.454 e. The van der Waals surface area contributed by atoms with Crippen molar-refractivity contribution in [2.24, 2.45) is 11.3 Å². The minimum atomic E-state index is -0.966. The van der Waals surface area contributed by atoms with Gasteiger partial charge in [0.2, 0.25) is 0 Å². The van der Waals surface area contributed by atoms with E-state index in [0.717, 1.165) is 35.4 Å². The highest BCUT2D eigenvalue weighted by Crippen LogP contribution is 2.46. The molecule has 2 fully saturated rings. The number of ether oxygens (including phenoxy) is 1. The smallest absolute Gasteiger partial charge is 0.326 e. The molecule has 0 radical (unpaired) electrons. The Morgan fingerprint density at radius 3 is 2.69 bits per heavy atom. The zero-order valence-corrected chi connectivity index (χ0v) is 19.0. The molecule has 1 N–H and O–H groups in total. The molecule has 1 spiro atoms. The van der Waals surface area contributed by atoms with E-state index < -0.39 is 30.7 Å². The molecule has 4 rings (SSSR count). The number of nitrogens with one attached hydrogen (secondary N) is 1. The SMILES string of the molecule is CC1CC(C)(C)CC2(C1)NC(=O)N(CC(=O)OCC(=O)N1CCCc3ccccc31)C2=O. The number of fused-ring (bicyclic) bond motifs is 1. The van der Waals surface area contributed by atoms with Gasteiger partial charge in [-0.05, 0) is 55.1 Å². The number of carbonyl (C=O) groups is 4. The van der Waals surface area contributed by atoms with E-state index in [9.17, 15) is 19.2 Å². The molecule has 0 aromatic heterocycles. The Hall–Kier alpha value is -2.90. The first-order valence-electron chi connectivity index (χ1n) is 11.3. The number of anilines is 1. The van der Waals surface area contributed by atoms with Crippen molar-refractivity contribution >= 4 is 29.5 Å². The molecule has 1 saturated carbocycles. The fraction of sp³-hybridized carbons (Fsp3) is 0.583.